The SMILES string of the molecule is NCc1cn2[nH]c(-c3cccc(F)c3)nc2n1. The average molecular weight is 231 g/mol. The van der Waals surface area contributed by atoms with E-state index in [1.54, 1.807) is 22.8 Å². The molecule has 0 aliphatic carbocycles. The number of hydrogen-bond acceptors (Lipinski definition) is 3. The van der Waals surface area contributed by atoms with E-state index in [1.807, 2.05) is 0 Å². The molecule has 0 bridgehead atoms. The van der Waals surface area contributed by atoms with Gasteiger partial charge in [0, 0.05) is 12.1 Å². The van der Waals surface area contributed by atoms with Crippen LogP contribution >= 0.6 is 0 Å². The Kier molecular flexibility index (Phi) is 2.15. The van der Waals surface area contributed by atoms with Crippen molar-refractivity contribution >= 4 is 5.78 Å². The van der Waals surface area contributed by atoms with Crippen molar-refractivity contribution in [3.05, 3.63) is 42.0 Å². The van der Waals surface area contributed by atoms with Crippen molar-refractivity contribution in [3.8, 4) is 11.4 Å². The van der Waals surface area contributed by atoms with E-state index in [2.05, 4.69) is 15.1 Å². The summed E-state index contributed by atoms with van der Waals surface area (Å²) in [5.41, 5.74) is 6.92. The van der Waals surface area contributed by atoms with Gasteiger partial charge in [-0.15, -0.1) is 0 Å². The van der Waals surface area contributed by atoms with Gasteiger partial charge in [0.1, 0.15) is 5.82 Å². The van der Waals surface area contributed by atoms with Crippen LogP contribution in [-0.2, 0) is 6.54 Å². The lowest BCUT2D eigenvalue weighted by Crippen LogP contribution is -1.96. The lowest BCUT2D eigenvalue weighted by molar-refractivity contribution is 0.628. The summed E-state index contributed by atoms with van der Waals surface area (Å²) in [5.74, 6) is 0.819. The van der Waals surface area contributed by atoms with Crippen molar-refractivity contribution in [1.29, 1.82) is 0 Å². The van der Waals surface area contributed by atoms with E-state index < -0.39 is 0 Å². The third-order valence-corrected chi connectivity index (χ3v) is 2.48. The molecule has 0 saturated carbocycles. The Morgan fingerprint density at radius 1 is 1.35 bits per heavy atom. The predicted octanol–water partition coefficient (Wildman–Crippen LogP) is 1.32. The maximum atomic E-state index is 13.1. The maximum Gasteiger partial charge on any atom is 0.251 e. The number of fused-ring (bicyclic) bond motifs is 1. The van der Waals surface area contributed by atoms with E-state index >= 15 is 0 Å². The van der Waals surface area contributed by atoms with Crippen molar-refractivity contribution in [3.63, 3.8) is 0 Å². The summed E-state index contributed by atoms with van der Waals surface area (Å²) in [6.45, 7) is 0.368. The molecule has 0 aliphatic heterocycles. The highest BCUT2D eigenvalue weighted by atomic mass is 19.1. The van der Waals surface area contributed by atoms with Gasteiger partial charge in [-0.2, -0.15) is 4.98 Å². The molecule has 0 radical (unpaired) electrons. The number of nitrogens with zero attached hydrogens (tertiary/aromatic N) is 3. The molecule has 1 aromatic carbocycles. The number of rotatable bonds is 2. The first-order chi connectivity index (χ1) is 8.26. The zero-order valence-electron chi connectivity index (χ0n) is 8.89. The van der Waals surface area contributed by atoms with Crippen molar-refractivity contribution < 1.29 is 4.39 Å². The first-order valence-electron chi connectivity index (χ1n) is 5.16. The Morgan fingerprint density at radius 2 is 2.24 bits per heavy atom. The predicted molar refractivity (Wildman–Crippen MR) is 60.6 cm³/mol. The third-order valence-electron chi connectivity index (χ3n) is 2.48. The Morgan fingerprint density at radius 3 is 2.94 bits per heavy atom. The second kappa shape index (κ2) is 3.67. The fourth-order valence-corrected chi connectivity index (χ4v) is 1.68. The molecule has 0 aliphatic rings. The van der Waals surface area contributed by atoms with Gasteiger partial charge in [0.15, 0.2) is 5.82 Å². The molecule has 5 nitrogen and oxygen atoms in total. The number of hydrogen-bond donors (Lipinski definition) is 2. The van der Waals surface area contributed by atoms with E-state index in [4.69, 9.17) is 5.73 Å². The van der Waals surface area contributed by atoms with Gasteiger partial charge in [-0.25, -0.2) is 13.9 Å². The molecule has 3 rings (SSSR count). The maximum absolute atomic E-state index is 13.1. The van der Waals surface area contributed by atoms with Crippen LogP contribution in [0.15, 0.2) is 30.5 Å². The molecule has 0 amide bonds. The zero-order chi connectivity index (χ0) is 11.8. The molecule has 0 unspecified atom stereocenters. The van der Waals surface area contributed by atoms with Gasteiger partial charge in [-0.05, 0) is 12.1 Å². The summed E-state index contributed by atoms with van der Waals surface area (Å²) in [7, 11) is 0. The van der Waals surface area contributed by atoms with Crippen molar-refractivity contribution in [2.45, 2.75) is 6.54 Å². The molecule has 2 heterocycles. The summed E-state index contributed by atoms with van der Waals surface area (Å²) in [6, 6.07) is 6.23. The van der Waals surface area contributed by atoms with E-state index in [-0.39, 0.29) is 5.82 Å². The van der Waals surface area contributed by atoms with E-state index in [0.29, 0.717) is 23.7 Å². The van der Waals surface area contributed by atoms with Gasteiger partial charge in [-0.1, -0.05) is 12.1 Å². The van der Waals surface area contributed by atoms with Crippen LogP contribution < -0.4 is 5.73 Å². The number of aromatic amines is 1. The molecule has 3 N–H and O–H groups in total. The first-order valence-corrected chi connectivity index (χ1v) is 5.16. The van der Waals surface area contributed by atoms with Crippen molar-refractivity contribution in [2.75, 3.05) is 0 Å². The standard InChI is InChI=1S/C11H10FN5/c12-8-3-1-2-7(4-8)10-15-11-14-9(5-13)6-17(11)16-10/h1-4,6H,5,13H2,(H,14,15,16). The highest BCUT2D eigenvalue weighted by molar-refractivity contribution is 5.56. The van der Waals surface area contributed by atoms with Crippen LogP contribution in [0, 0.1) is 5.82 Å². The van der Waals surface area contributed by atoms with Gasteiger partial charge >= 0.3 is 0 Å². The normalized spacial score (nSPS) is 11.2. The van der Waals surface area contributed by atoms with E-state index in [9.17, 15) is 4.39 Å². The second-order valence-electron chi connectivity index (χ2n) is 3.69. The fourth-order valence-electron chi connectivity index (χ4n) is 1.68. The minimum atomic E-state index is -0.292. The van der Waals surface area contributed by atoms with Gasteiger partial charge in [0.2, 0.25) is 0 Å². The summed E-state index contributed by atoms with van der Waals surface area (Å²) < 4.78 is 14.7. The third kappa shape index (κ3) is 1.68. The minimum absolute atomic E-state index is 0.292. The molecule has 2 aromatic heterocycles. The van der Waals surface area contributed by atoms with Gasteiger partial charge in [0.25, 0.3) is 5.78 Å². The Bertz CT molecular complexity index is 638. The largest absolute Gasteiger partial charge is 0.325 e. The summed E-state index contributed by atoms with van der Waals surface area (Å²) in [4.78, 5) is 8.47. The Balaban J connectivity index is 2.09. The average Bonchev–Trinajstić information content (AvgIpc) is 2.86. The number of benzene rings is 1. The minimum Gasteiger partial charge on any atom is -0.325 e. The van der Waals surface area contributed by atoms with Crippen LogP contribution in [0.3, 0.4) is 0 Å². The molecular weight excluding hydrogens is 221 g/mol. The summed E-state index contributed by atoms with van der Waals surface area (Å²) >= 11 is 0. The highest BCUT2D eigenvalue weighted by Gasteiger charge is 2.08. The topological polar surface area (TPSA) is 72.0 Å². The van der Waals surface area contributed by atoms with Crippen LogP contribution in [0.25, 0.3) is 17.2 Å². The molecule has 3 aromatic rings. The molecule has 0 atom stereocenters. The molecule has 0 spiro atoms. The Hall–Kier alpha value is -2.21. The number of nitrogens with two attached hydrogens (primary N) is 1. The highest BCUT2D eigenvalue weighted by Crippen LogP contribution is 2.17. The van der Waals surface area contributed by atoms with Gasteiger partial charge in [-0.3, -0.25) is 5.10 Å². The molecule has 17 heavy (non-hydrogen) atoms. The van der Waals surface area contributed by atoms with E-state index in [1.165, 1.54) is 12.1 Å². The molecule has 6 heteroatoms. The number of nitrogens with one attached hydrogen (secondary N) is 1. The van der Waals surface area contributed by atoms with Crippen molar-refractivity contribution in [2.24, 2.45) is 5.73 Å². The molecular formula is C11H10FN5. The second-order valence-corrected chi connectivity index (χ2v) is 3.69. The molecule has 0 fully saturated rings. The Labute approximate surface area is 96.1 Å². The van der Waals surface area contributed by atoms with Gasteiger partial charge in [0.05, 0.1) is 11.9 Å². The number of imidazole rings is 1. The van der Waals surface area contributed by atoms with Crippen LogP contribution in [0.1, 0.15) is 5.69 Å². The number of H-pyrrole nitrogens is 1. The fraction of sp³-hybridized carbons (Fsp3) is 0.0909. The van der Waals surface area contributed by atoms with Crippen LogP contribution in [0.5, 0.6) is 0 Å². The number of halogens is 1. The summed E-state index contributed by atoms with van der Waals surface area (Å²) in [5, 5.41) is 3.01. The van der Waals surface area contributed by atoms with Gasteiger partial charge < -0.3 is 5.73 Å². The first kappa shape index (κ1) is 9.98. The lowest BCUT2D eigenvalue weighted by atomic mass is 10.2. The van der Waals surface area contributed by atoms with Crippen LogP contribution in [0.2, 0.25) is 0 Å². The monoisotopic (exact) mass is 231 g/mol. The molecule has 86 valence electrons. The summed E-state index contributed by atoms with van der Waals surface area (Å²) in [6.07, 6.45) is 1.77. The van der Waals surface area contributed by atoms with Crippen molar-refractivity contribution in [1.82, 2.24) is 19.6 Å². The number of aromatic nitrogens is 4. The lowest BCUT2D eigenvalue weighted by Gasteiger charge is -1.95. The van der Waals surface area contributed by atoms with E-state index in [0.717, 1.165) is 5.69 Å². The van der Waals surface area contributed by atoms with Crippen LogP contribution in [0.4, 0.5) is 4.39 Å². The molecule has 0 saturated heterocycles. The zero-order valence-corrected chi connectivity index (χ0v) is 8.89. The van der Waals surface area contributed by atoms with Crippen LogP contribution in [-0.4, -0.2) is 19.6 Å². The smallest absolute Gasteiger partial charge is 0.251 e. The quantitative estimate of drug-likeness (QED) is 0.698.